The van der Waals surface area contributed by atoms with E-state index in [1.807, 2.05) is 37.3 Å². The molecular formula is C27H31N3O6. The number of amides is 1. The molecule has 2 atom stereocenters. The molecule has 1 amide bonds. The number of aldehydes is 1. The SMILES string of the molecule is Cc1ccc(OCC(=O)N(C)C(CN2CC[C@H](O)C2)c2cccc(OOCC=O)c2)c2cccnc12. The highest BCUT2D eigenvalue weighted by Gasteiger charge is 2.28. The number of pyridine rings is 1. The largest absolute Gasteiger partial charge is 0.483 e. The number of fused-ring (bicyclic) bond motifs is 1. The van der Waals surface area contributed by atoms with Gasteiger partial charge >= 0.3 is 0 Å². The first-order chi connectivity index (χ1) is 17.5. The third-order valence-corrected chi connectivity index (χ3v) is 6.36. The molecule has 1 saturated heterocycles. The number of hydrogen-bond donors (Lipinski definition) is 1. The number of aromatic nitrogens is 1. The number of nitrogens with zero attached hydrogens (tertiary/aromatic N) is 3. The Morgan fingerprint density at radius 3 is 2.92 bits per heavy atom. The van der Waals surface area contributed by atoms with Gasteiger partial charge in [-0.25, -0.2) is 0 Å². The van der Waals surface area contributed by atoms with E-state index in [-0.39, 0.29) is 31.3 Å². The molecule has 0 aliphatic carbocycles. The molecule has 190 valence electrons. The van der Waals surface area contributed by atoms with Crippen molar-refractivity contribution in [2.45, 2.75) is 25.5 Å². The summed E-state index contributed by atoms with van der Waals surface area (Å²) in [5.41, 5.74) is 2.72. The smallest absolute Gasteiger partial charge is 0.260 e. The molecule has 9 nitrogen and oxygen atoms in total. The molecule has 1 fully saturated rings. The Balaban J connectivity index is 1.51. The van der Waals surface area contributed by atoms with Crippen molar-refractivity contribution in [3.05, 3.63) is 65.9 Å². The Morgan fingerprint density at radius 1 is 1.28 bits per heavy atom. The molecule has 3 aromatic rings. The van der Waals surface area contributed by atoms with E-state index < -0.39 is 0 Å². The van der Waals surface area contributed by atoms with Gasteiger partial charge in [-0.05, 0) is 54.8 Å². The monoisotopic (exact) mass is 493 g/mol. The fourth-order valence-corrected chi connectivity index (χ4v) is 4.41. The van der Waals surface area contributed by atoms with Crippen LogP contribution in [0.15, 0.2) is 54.7 Å². The van der Waals surface area contributed by atoms with Crippen LogP contribution in [0.3, 0.4) is 0 Å². The van der Waals surface area contributed by atoms with Gasteiger partial charge in [0.15, 0.2) is 12.4 Å². The maximum atomic E-state index is 13.3. The third kappa shape index (κ3) is 6.17. The van der Waals surface area contributed by atoms with Gasteiger partial charge < -0.3 is 24.4 Å². The molecule has 1 unspecified atom stereocenters. The van der Waals surface area contributed by atoms with E-state index in [0.717, 1.165) is 28.6 Å². The fraction of sp³-hybridized carbons (Fsp3) is 0.370. The van der Waals surface area contributed by atoms with Crippen molar-refractivity contribution in [2.75, 3.05) is 39.9 Å². The number of β-amino-alcohol motifs (C(OH)–C–C–N with tert-alkyl or cyclic N) is 1. The summed E-state index contributed by atoms with van der Waals surface area (Å²) >= 11 is 0. The van der Waals surface area contributed by atoms with Gasteiger partial charge in [0.05, 0.1) is 17.7 Å². The van der Waals surface area contributed by atoms with Gasteiger partial charge in [-0.1, -0.05) is 18.2 Å². The third-order valence-electron chi connectivity index (χ3n) is 6.36. The summed E-state index contributed by atoms with van der Waals surface area (Å²) in [5.74, 6) is 0.838. The fourth-order valence-electron chi connectivity index (χ4n) is 4.41. The second kappa shape index (κ2) is 11.9. The highest BCUT2D eigenvalue weighted by atomic mass is 17.2. The molecule has 1 aliphatic rings. The zero-order chi connectivity index (χ0) is 25.5. The zero-order valence-corrected chi connectivity index (χ0v) is 20.5. The quantitative estimate of drug-likeness (QED) is 0.188. The van der Waals surface area contributed by atoms with Crippen LogP contribution in [-0.2, 0) is 14.5 Å². The molecule has 1 aliphatic heterocycles. The number of carbonyl (C=O) groups is 2. The highest BCUT2D eigenvalue weighted by molar-refractivity contribution is 5.88. The van der Waals surface area contributed by atoms with Gasteiger partial charge in [-0.3, -0.25) is 14.7 Å². The van der Waals surface area contributed by atoms with Crippen LogP contribution < -0.4 is 9.62 Å². The number of aliphatic hydroxyl groups excluding tert-OH is 1. The number of hydrogen-bond acceptors (Lipinski definition) is 8. The molecule has 0 radical (unpaired) electrons. The van der Waals surface area contributed by atoms with Crippen LogP contribution >= 0.6 is 0 Å². The maximum absolute atomic E-state index is 13.3. The van der Waals surface area contributed by atoms with Gasteiger partial charge in [0.2, 0.25) is 0 Å². The normalized spacial score (nSPS) is 16.6. The van der Waals surface area contributed by atoms with Crippen molar-refractivity contribution >= 4 is 23.1 Å². The Bertz CT molecular complexity index is 1200. The number of aryl methyl sites for hydroxylation is 1. The molecule has 1 aromatic heterocycles. The lowest BCUT2D eigenvalue weighted by Gasteiger charge is -2.32. The van der Waals surface area contributed by atoms with E-state index in [4.69, 9.17) is 14.5 Å². The van der Waals surface area contributed by atoms with Gasteiger partial charge in [0, 0.05) is 38.3 Å². The number of ether oxygens (including phenoxy) is 1. The predicted molar refractivity (Wildman–Crippen MR) is 134 cm³/mol. The van der Waals surface area contributed by atoms with Gasteiger partial charge in [-0.15, -0.1) is 0 Å². The maximum Gasteiger partial charge on any atom is 0.260 e. The predicted octanol–water partition coefficient (Wildman–Crippen LogP) is 2.70. The molecule has 4 rings (SSSR count). The minimum atomic E-state index is -0.371. The summed E-state index contributed by atoms with van der Waals surface area (Å²) in [4.78, 5) is 42.1. The molecule has 0 bridgehead atoms. The molecule has 0 spiro atoms. The highest BCUT2D eigenvalue weighted by Crippen LogP contribution is 2.28. The number of carbonyl (C=O) groups excluding carboxylic acids is 2. The van der Waals surface area contributed by atoms with E-state index in [1.54, 1.807) is 36.3 Å². The second-order valence-electron chi connectivity index (χ2n) is 8.90. The van der Waals surface area contributed by atoms with Crippen molar-refractivity contribution in [1.29, 1.82) is 0 Å². The number of likely N-dealkylation sites (tertiary alicyclic amines) is 1. The first-order valence-electron chi connectivity index (χ1n) is 11.9. The summed E-state index contributed by atoms with van der Waals surface area (Å²) in [6, 6.07) is 14.5. The average Bonchev–Trinajstić information content (AvgIpc) is 3.31. The van der Waals surface area contributed by atoms with Crippen LogP contribution in [-0.4, -0.2) is 78.1 Å². The van der Waals surface area contributed by atoms with Crippen molar-refractivity contribution < 1.29 is 29.2 Å². The molecule has 2 aromatic carbocycles. The lowest BCUT2D eigenvalue weighted by molar-refractivity contribution is -0.201. The van der Waals surface area contributed by atoms with Gasteiger partial charge in [-0.2, -0.15) is 4.89 Å². The Labute approximate surface area is 210 Å². The Morgan fingerprint density at radius 2 is 2.14 bits per heavy atom. The van der Waals surface area contributed by atoms with Crippen LogP contribution in [0, 0.1) is 6.92 Å². The van der Waals surface area contributed by atoms with Crippen molar-refractivity contribution in [3.63, 3.8) is 0 Å². The summed E-state index contributed by atoms with van der Waals surface area (Å²) < 4.78 is 5.96. The molecule has 36 heavy (non-hydrogen) atoms. The molecular weight excluding hydrogens is 462 g/mol. The number of aliphatic hydroxyl groups is 1. The summed E-state index contributed by atoms with van der Waals surface area (Å²) in [5, 5.41) is 10.9. The first-order valence-corrected chi connectivity index (χ1v) is 11.9. The number of rotatable bonds is 11. The van der Waals surface area contributed by atoms with Crippen molar-refractivity contribution in [2.24, 2.45) is 0 Å². The Hall–Kier alpha value is -3.53. The first kappa shape index (κ1) is 25.6. The second-order valence-corrected chi connectivity index (χ2v) is 8.90. The summed E-state index contributed by atoms with van der Waals surface area (Å²) in [6.07, 6.45) is 2.67. The minimum Gasteiger partial charge on any atom is -0.483 e. The molecule has 2 heterocycles. The van der Waals surface area contributed by atoms with Crippen LogP contribution in [0.5, 0.6) is 11.5 Å². The molecule has 0 saturated carbocycles. The van der Waals surface area contributed by atoms with Gasteiger partial charge in [0.1, 0.15) is 18.6 Å². The van der Waals surface area contributed by atoms with E-state index >= 15 is 0 Å². The van der Waals surface area contributed by atoms with Crippen molar-refractivity contribution in [3.8, 4) is 11.5 Å². The Kier molecular flexibility index (Phi) is 8.48. The standard InChI is InChI=1S/C27H31N3O6/c1-19-8-9-25(23-7-4-11-28-27(19)23)34-18-26(33)29(2)24(17-30-12-10-21(32)16-30)20-5-3-6-22(15-20)36-35-14-13-31/h3-9,11,13,15,21,24,32H,10,12,14,16-18H2,1-2H3/t21-,24?/m0/s1. The van der Waals surface area contributed by atoms with E-state index in [1.165, 1.54) is 0 Å². The molecule has 9 heteroatoms. The van der Waals surface area contributed by atoms with Gasteiger partial charge in [0.25, 0.3) is 5.91 Å². The van der Waals surface area contributed by atoms with Crippen LogP contribution in [0.25, 0.3) is 10.9 Å². The van der Waals surface area contributed by atoms with E-state index in [2.05, 4.69) is 9.88 Å². The topological polar surface area (TPSA) is 101 Å². The van der Waals surface area contributed by atoms with Crippen LogP contribution in [0.4, 0.5) is 0 Å². The average molecular weight is 494 g/mol. The van der Waals surface area contributed by atoms with Crippen LogP contribution in [0.1, 0.15) is 23.6 Å². The number of benzene rings is 2. The van der Waals surface area contributed by atoms with Crippen LogP contribution in [0.2, 0.25) is 0 Å². The molecule has 1 N–H and O–H groups in total. The lowest BCUT2D eigenvalue weighted by Crippen LogP contribution is -2.41. The summed E-state index contributed by atoms with van der Waals surface area (Å²) in [6.45, 7) is 3.50. The minimum absolute atomic E-state index is 0.138. The van der Waals surface area contributed by atoms with E-state index in [0.29, 0.717) is 37.3 Å². The van der Waals surface area contributed by atoms with E-state index in [9.17, 15) is 14.7 Å². The zero-order valence-electron chi connectivity index (χ0n) is 20.5. The summed E-state index contributed by atoms with van der Waals surface area (Å²) in [7, 11) is 1.74. The van der Waals surface area contributed by atoms with Crippen molar-refractivity contribution in [1.82, 2.24) is 14.8 Å². The number of likely N-dealkylation sites (N-methyl/N-ethyl adjacent to an activating group) is 1. The lowest BCUT2D eigenvalue weighted by atomic mass is 10.0.